The molecule has 0 spiro atoms. The molecule has 0 radical (unpaired) electrons. The molecule has 2 fully saturated rings. The SMILES string of the molecule is COC1CN(c2ccc(C(=O)N[C@@H](C)C(C)COCF)nc2OCC2COC2)C1. The van der Waals surface area contributed by atoms with Crippen LogP contribution in [0.2, 0.25) is 0 Å². The molecule has 3 rings (SSSR count). The largest absolute Gasteiger partial charge is 0.476 e. The third-order valence-electron chi connectivity index (χ3n) is 5.43. The highest BCUT2D eigenvalue weighted by molar-refractivity contribution is 5.93. The van der Waals surface area contributed by atoms with E-state index in [1.165, 1.54) is 0 Å². The third kappa shape index (κ3) is 5.55. The number of anilines is 1. The summed E-state index contributed by atoms with van der Waals surface area (Å²) >= 11 is 0. The molecule has 9 heteroatoms. The van der Waals surface area contributed by atoms with E-state index in [9.17, 15) is 9.18 Å². The first-order chi connectivity index (χ1) is 14.0. The highest BCUT2D eigenvalue weighted by Gasteiger charge is 2.30. The van der Waals surface area contributed by atoms with Crippen molar-refractivity contribution < 1.29 is 28.1 Å². The van der Waals surface area contributed by atoms with E-state index >= 15 is 0 Å². The first-order valence-corrected chi connectivity index (χ1v) is 9.95. The van der Waals surface area contributed by atoms with Gasteiger partial charge in [0, 0.05) is 32.2 Å². The Labute approximate surface area is 170 Å². The molecule has 3 heterocycles. The Bertz CT molecular complexity index is 682. The molecule has 2 aliphatic rings. The summed E-state index contributed by atoms with van der Waals surface area (Å²) in [5, 5.41) is 2.90. The Morgan fingerprint density at radius 3 is 2.76 bits per heavy atom. The van der Waals surface area contributed by atoms with Crippen LogP contribution in [0.25, 0.3) is 0 Å². The monoisotopic (exact) mass is 411 g/mol. The smallest absolute Gasteiger partial charge is 0.270 e. The lowest BCUT2D eigenvalue weighted by Crippen LogP contribution is -2.52. The first kappa shape index (κ1) is 21.7. The number of ether oxygens (including phenoxy) is 4. The molecule has 0 bridgehead atoms. The maximum atomic E-state index is 12.7. The zero-order chi connectivity index (χ0) is 20.8. The molecule has 0 saturated carbocycles. The minimum atomic E-state index is -0.832. The molecule has 2 atom stereocenters. The molecule has 2 aliphatic heterocycles. The van der Waals surface area contributed by atoms with Gasteiger partial charge in [0.1, 0.15) is 11.4 Å². The fourth-order valence-electron chi connectivity index (χ4n) is 3.07. The maximum Gasteiger partial charge on any atom is 0.270 e. The maximum absolute atomic E-state index is 12.7. The Kier molecular flexibility index (Phi) is 7.63. The van der Waals surface area contributed by atoms with Gasteiger partial charge in [0.05, 0.1) is 32.5 Å². The van der Waals surface area contributed by atoms with Crippen molar-refractivity contribution in [2.75, 3.05) is 58.4 Å². The second kappa shape index (κ2) is 10.2. The number of hydrogen-bond donors (Lipinski definition) is 1. The average Bonchev–Trinajstić information content (AvgIpc) is 2.64. The molecule has 0 aromatic carbocycles. The molecule has 1 unspecified atom stereocenters. The number of amides is 1. The number of aromatic nitrogens is 1. The summed E-state index contributed by atoms with van der Waals surface area (Å²) in [5.74, 6) is 0.462. The fourth-order valence-corrected chi connectivity index (χ4v) is 3.07. The number of carbonyl (C=O) groups is 1. The van der Waals surface area contributed by atoms with Gasteiger partial charge in [-0.05, 0) is 25.0 Å². The van der Waals surface area contributed by atoms with Crippen molar-refractivity contribution in [3.05, 3.63) is 17.8 Å². The number of halogens is 1. The number of alkyl halides is 1. The normalized spacial score (nSPS) is 19.2. The predicted molar refractivity (Wildman–Crippen MR) is 105 cm³/mol. The summed E-state index contributed by atoms with van der Waals surface area (Å²) in [6, 6.07) is 3.37. The summed E-state index contributed by atoms with van der Waals surface area (Å²) in [5.41, 5.74) is 1.13. The van der Waals surface area contributed by atoms with Crippen LogP contribution in [0, 0.1) is 11.8 Å². The van der Waals surface area contributed by atoms with Crippen LogP contribution in [0.4, 0.5) is 10.1 Å². The van der Waals surface area contributed by atoms with E-state index in [0.29, 0.717) is 31.6 Å². The van der Waals surface area contributed by atoms with Gasteiger partial charge >= 0.3 is 0 Å². The van der Waals surface area contributed by atoms with Gasteiger partial charge in [0.25, 0.3) is 5.91 Å². The van der Waals surface area contributed by atoms with Crippen LogP contribution in [0.5, 0.6) is 5.88 Å². The number of nitrogens with zero attached hydrogens (tertiary/aromatic N) is 2. The molecule has 162 valence electrons. The standard InChI is InChI=1S/C20H30FN3O5/c1-13(8-28-12-21)14(2)22-19(25)17-4-5-18(24-6-16(7-24)26-3)20(23-17)29-11-15-9-27-10-15/h4-5,13-16H,6-12H2,1-3H3,(H,22,25)/t13?,14-/m0/s1. The summed E-state index contributed by atoms with van der Waals surface area (Å²) in [4.78, 5) is 19.3. The van der Waals surface area contributed by atoms with Crippen LogP contribution in [0.15, 0.2) is 12.1 Å². The number of nitrogens with one attached hydrogen (secondary N) is 1. The van der Waals surface area contributed by atoms with Gasteiger partial charge in [-0.3, -0.25) is 4.79 Å². The van der Waals surface area contributed by atoms with Crippen molar-refractivity contribution >= 4 is 11.6 Å². The second-order valence-electron chi connectivity index (χ2n) is 7.72. The van der Waals surface area contributed by atoms with Gasteiger partial charge in [-0.25, -0.2) is 9.37 Å². The van der Waals surface area contributed by atoms with Crippen LogP contribution in [-0.4, -0.2) is 76.5 Å². The van der Waals surface area contributed by atoms with E-state index in [-0.39, 0.29) is 36.3 Å². The van der Waals surface area contributed by atoms with E-state index in [1.807, 2.05) is 19.9 Å². The van der Waals surface area contributed by atoms with Crippen molar-refractivity contribution in [3.8, 4) is 5.88 Å². The molecule has 29 heavy (non-hydrogen) atoms. The van der Waals surface area contributed by atoms with Gasteiger partial charge in [0.2, 0.25) is 5.88 Å². The molecular formula is C20H30FN3O5. The summed E-state index contributed by atoms with van der Waals surface area (Å²) in [6.07, 6.45) is 0.194. The number of methoxy groups -OCH3 is 1. The molecular weight excluding hydrogens is 381 g/mol. The van der Waals surface area contributed by atoms with Gasteiger partial charge in [-0.1, -0.05) is 6.92 Å². The topological polar surface area (TPSA) is 82.2 Å². The Balaban J connectivity index is 1.67. The quantitative estimate of drug-likeness (QED) is 0.593. The fraction of sp³-hybridized carbons (Fsp3) is 0.700. The number of rotatable bonds is 11. The summed E-state index contributed by atoms with van der Waals surface area (Å²) in [7, 11) is 1.70. The van der Waals surface area contributed by atoms with Crippen LogP contribution >= 0.6 is 0 Å². The van der Waals surface area contributed by atoms with Gasteiger partial charge in [0.15, 0.2) is 6.86 Å². The molecule has 1 aromatic heterocycles. The van der Waals surface area contributed by atoms with E-state index in [0.717, 1.165) is 18.8 Å². The van der Waals surface area contributed by atoms with Crippen molar-refractivity contribution in [3.63, 3.8) is 0 Å². The molecule has 1 N–H and O–H groups in total. The lowest BCUT2D eigenvalue weighted by atomic mass is 10.0. The second-order valence-corrected chi connectivity index (χ2v) is 7.72. The molecule has 2 saturated heterocycles. The number of hydrogen-bond acceptors (Lipinski definition) is 7. The summed E-state index contributed by atoms with van der Waals surface area (Å²) < 4.78 is 33.5. The van der Waals surface area contributed by atoms with Gasteiger partial charge in [-0.2, -0.15) is 0 Å². The van der Waals surface area contributed by atoms with E-state index < -0.39 is 6.86 Å². The number of pyridine rings is 1. The number of carbonyl (C=O) groups excluding carboxylic acids is 1. The van der Waals surface area contributed by atoms with Crippen LogP contribution in [-0.2, 0) is 14.2 Å². The molecule has 1 amide bonds. The zero-order valence-corrected chi connectivity index (χ0v) is 17.2. The lowest BCUT2D eigenvalue weighted by molar-refractivity contribution is -0.0514. The van der Waals surface area contributed by atoms with Crippen molar-refractivity contribution in [1.29, 1.82) is 0 Å². The van der Waals surface area contributed by atoms with Gasteiger partial charge < -0.3 is 29.2 Å². The average molecular weight is 411 g/mol. The Morgan fingerprint density at radius 1 is 1.38 bits per heavy atom. The van der Waals surface area contributed by atoms with Crippen molar-refractivity contribution in [2.45, 2.75) is 26.0 Å². The minimum absolute atomic E-state index is 0.0321. The van der Waals surface area contributed by atoms with E-state index in [4.69, 9.17) is 18.9 Å². The third-order valence-corrected chi connectivity index (χ3v) is 5.43. The predicted octanol–water partition coefficient (Wildman–Crippen LogP) is 1.64. The Morgan fingerprint density at radius 2 is 2.14 bits per heavy atom. The molecule has 0 aliphatic carbocycles. The molecule has 1 aromatic rings. The zero-order valence-electron chi connectivity index (χ0n) is 17.2. The summed E-state index contributed by atoms with van der Waals surface area (Å²) in [6.45, 7) is 6.54. The lowest BCUT2D eigenvalue weighted by Gasteiger charge is -2.40. The van der Waals surface area contributed by atoms with Crippen LogP contribution < -0.4 is 15.0 Å². The molecule has 8 nitrogen and oxygen atoms in total. The van der Waals surface area contributed by atoms with Crippen molar-refractivity contribution in [2.24, 2.45) is 11.8 Å². The van der Waals surface area contributed by atoms with Crippen LogP contribution in [0.3, 0.4) is 0 Å². The van der Waals surface area contributed by atoms with Gasteiger partial charge in [-0.15, -0.1) is 0 Å². The van der Waals surface area contributed by atoms with Crippen molar-refractivity contribution in [1.82, 2.24) is 10.3 Å². The van der Waals surface area contributed by atoms with Crippen LogP contribution in [0.1, 0.15) is 24.3 Å². The first-order valence-electron chi connectivity index (χ1n) is 9.95. The highest BCUT2D eigenvalue weighted by Crippen LogP contribution is 2.31. The highest BCUT2D eigenvalue weighted by atomic mass is 19.1. The minimum Gasteiger partial charge on any atom is -0.476 e. The Hall–Kier alpha value is -1.97. The van der Waals surface area contributed by atoms with E-state index in [2.05, 4.69) is 15.2 Å². The van der Waals surface area contributed by atoms with E-state index in [1.54, 1.807) is 13.2 Å².